The minimum atomic E-state index is -1.17. The van der Waals surface area contributed by atoms with Crippen molar-refractivity contribution in [2.75, 3.05) is 0 Å². The van der Waals surface area contributed by atoms with Gasteiger partial charge in [-0.1, -0.05) is 54.6 Å². The van der Waals surface area contributed by atoms with Crippen molar-refractivity contribution in [3.63, 3.8) is 0 Å². The zero-order chi connectivity index (χ0) is 26.6. The number of fused-ring (bicyclic) bond motifs is 8. The van der Waals surface area contributed by atoms with Crippen LogP contribution in [-0.4, -0.2) is 16.2 Å². The monoisotopic (exact) mass is 514 g/mol. The number of phenols is 2. The lowest BCUT2D eigenvalue weighted by Gasteiger charge is -2.36. The fraction of sp³-hybridized carbons (Fsp3) is 0.0606. The van der Waals surface area contributed by atoms with E-state index in [9.17, 15) is 15.0 Å². The smallest absolute Gasteiger partial charge is 0.340 e. The molecule has 0 saturated heterocycles. The van der Waals surface area contributed by atoms with Crippen molar-refractivity contribution in [2.24, 2.45) is 0 Å². The van der Waals surface area contributed by atoms with Gasteiger partial charge in [0, 0.05) is 35.2 Å². The lowest BCUT2D eigenvalue weighted by atomic mass is 9.77. The molecule has 3 aliphatic heterocycles. The largest absolute Gasteiger partial charge is 0.508 e. The Morgan fingerprint density at radius 1 is 0.564 bits per heavy atom. The van der Waals surface area contributed by atoms with Gasteiger partial charge in [-0.15, -0.1) is 0 Å². The van der Waals surface area contributed by atoms with E-state index in [0.29, 0.717) is 33.8 Å². The van der Waals surface area contributed by atoms with Crippen LogP contribution < -0.4 is 9.47 Å². The molecule has 3 heterocycles. The third-order valence-electron chi connectivity index (χ3n) is 7.23. The molecule has 0 aromatic heterocycles. The van der Waals surface area contributed by atoms with Crippen LogP contribution in [0.15, 0.2) is 109 Å². The van der Waals surface area contributed by atoms with E-state index in [1.54, 1.807) is 24.3 Å². The number of esters is 1. The van der Waals surface area contributed by atoms with Gasteiger partial charge in [0.05, 0.1) is 5.56 Å². The second-order valence-electron chi connectivity index (χ2n) is 9.57. The van der Waals surface area contributed by atoms with Gasteiger partial charge in [-0.2, -0.15) is 0 Å². The molecule has 6 nitrogen and oxygen atoms in total. The lowest BCUT2D eigenvalue weighted by Crippen LogP contribution is -2.32. The highest BCUT2D eigenvalue weighted by molar-refractivity contribution is 5.97. The number of carbonyl (C=O) groups excluding carboxylic acids is 1. The van der Waals surface area contributed by atoms with Crippen molar-refractivity contribution in [1.82, 2.24) is 0 Å². The van der Waals surface area contributed by atoms with Crippen LogP contribution in [0.2, 0.25) is 0 Å². The van der Waals surface area contributed by atoms with E-state index >= 15 is 0 Å². The Kier molecular flexibility index (Phi) is 5.10. The molecule has 0 bridgehead atoms. The Bertz CT molecular complexity index is 1630. The van der Waals surface area contributed by atoms with Crippen molar-refractivity contribution in [1.29, 1.82) is 0 Å². The van der Waals surface area contributed by atoms with E-state index in [1.165, 1.54) is 35.4 Å². The number of para-hydroxylation sites is 2. The summed E-state index contributed by atoms with van der Waals surface area (Å²) < 4.78 is 17.6. The Balaban J connectivity index is 0.000000153. The molecule has 0 radical (unpaired) electrons. The molecule has 8 rings (SSSR count). The van der Waals surface area contributed by atoms with Crippen LogP contribution >= 0.6 is 0 Å². The molecule has 0 atom stereocenters. The summed E-state index contributed by atoms with van der Waals surface area (Å²) in [6.45, 7) is 0. The van der Waals surface area contributed by atoms with Gasteiger partial charge in [0.2, 0.25) is 0 Å². The Hall–Kier alpha value is -5.23. The number of aromatic hydroxyl groups is 2. The van der Waals surface area contributed by atoms with E-state index in [1.807, 2.05) is 36.4 Å². The molecule has 6 heteroatoms. The number of benzene rings is 5. The second kappa shape index (κ2) is 8.67. The van der Waals surface area contributed by atoms with Gasteiger partial charge in [-0.25, -0.2) is 4.79 Å². The maximum atomic E-state index is 12.5. The first-order chi connectivity index (χ1) is 19.0. The van der Waals surface area contributed by atoms with Crippen LogP contribution in [0.25, 0.3) is 0 Å². The molecule has 190 valence electrons. The Morgan fingerprint density at radius 2 is 1.08 bits per heavy atom. The van der Waals surface area contributed by atoms with E-state index in [0.717, 1.165) is 17.9 Å². The van der Waals surface area contributed by atoms with Crippen LogP contribution in [0, 0.1) is 0 Å². The van der Waals surface area contributed by atoms with Gasteiger partial charge < -0.3 is 24.4 Å². The predicted molar refractivity (Wildman–Crippen MR) is 144 cm³/mol. The third kappa shape index (κ3) is 3.61. The average molecular weight is 515 g/mol. The van der Waals surface area contributed by atoms with E-state index in [-0.39, 0.29) is 11.5 Å². The first-order valence-electron chi connectivity index (χ1n) is 12.5. The van der Waals surface area contributed by atoms with Crippen LogP contribution in [-0.2, 0) is 16.8 Å². The van der Waals surface area contributed by atoms with E-state index in [4.69, 9.17) is 14.2 Å². The maximum absolute atomic E-state index is 12.5. The minimum absolute atomic E-state index is 0.0371. The zero-order valence-corrected chi connectivity index (χ0v) is 20.6. The van der Waals surface area contributed by atoms with Crippen molar-refractivity contribution >= 4 is 5.97 Å². The molecule has 0 aliphatic carbocycles. The molecule has 0 amide bonds. The van der Waals surface area contributed by atoms with Crippen molar-refractivity contribution in [2.45, 2.75) is 12.0 Å². The summed E-state index contributed by atoms with van der Waals surface area (Å²) in [5, 5.41) is 19.7. The van der Waals surface area contributed by atoms with Gasteiger partial charge in [-0.05, 0) is 53.6 Å². The topological polar surface area (TPSA) is 85.2 Å². The average Bonchev–Trinajstić information content (AvgIpc) is 3.24. The molecule has 5 aromatic carbocycles. The van der Waals surface area contributed by atoms with Crippen LogP contribution in [0.5, 0.6) is 34.5 Å². The standard InChI is InChI=1S/C20H12O5.C13H10O/c21-11-5-7-15-17(9-11)24-18-10-12(22)6-8-16(18)20(15)14-4-2-1-3-13(14)19(23)25-20;1-3-7-12-10(5-1)9-11-6-2-4-8-13(11)14-12/h1-10,21-22H;1-8H,9H2. The summed E-state index contributed by atoms with van der Waals surface area (Å²) in [6, 6.07) is 33.0. The van der Waals surface area contributed by atoms with E-state index < -0.39 is 11.6 Å². The number of hydrogen-bond acceptors (Lipinski definition) is 6. The predicted octanol–water partition coefficient (Wildman–Crippen LogP) is 7.05. The molecule has 0 saturated carbocycles. The van der Waals surface area contributed by atoms with E-state index in [2.05, 4.69) is 24.3 Å². The van der Waals surface area contributed by atoms with Crippen molar-refractivity contribution in [3.05, 3.63) is 143 Å². The van der Waals surface area contributed by atoms with Crippen LogP contribution in [0.4, 0.5) is 0 Å². The SMILES string of the molecule is O=C1OC2(c3ccc(O)cc3Oc3cc(O)ccc32)c2ccccc21.c1ccc2c(c1)Cc1ccccc1O2. The number of phenolic OH excluding ortho intramolecular Hbond substituents is 2. The molecule has 0 fully saturated rings. The quantitative estimate of drug-likeness (QED) is 0.211. The molecule has 5 aromatic rings. The van der Waals surface area contributed by atoms with Crippen molar-refractivity contribution < 1.29 is 29.2 Å². The number of ether oxygens (including phenoxy) is 3. The van der Waals surface area contributed by atoms with Crippen molar-refractivity contribution in [3.8, 4) is 34.5 Å². The Morgan fingerprint density at radius 3 is 1.69 bits per heavy atom. The summed E-state index contributed by atoms with van der Waals surface area (Å²) in [4.78, 5) is 12.5. The number of hydrogen-bond donors (Lipinski definition) is 2. The molecule has 0 unspecified atom stereocenters. The Labute approximate surface area is 224 Å². The molecular weight excluding hydrogens is 492 g/mol. The first kappa shape index (κ1) is 22.9. The highest BCUT2D eigenvalue weighted by atomic mass is 16.6. The molecule has 1 spiro atoms. The normalized spacial score (nSPS) is 14.6. The summed E-state index contributed by atoms with van der Waals surface area (Å²) in [7, 11) is 0. The van der Waals surface area contributed by atoms with Gasteiger partial charge in [-0.3, -0.25) is 0 Å². The van der Waals surface area contributed by atoms with Gasteiger partial charge >= 0.3 is 5.97 Å². The van der Waals surface area contributed by atoms with Crippen LogP contribution in [0.3, 0.4) is 0 Å². The van der Waals surface area contributed by atoms with Gasteiger partial charge in [0.1, 0.15) is 34.5 Å². The van der Waals surface area contributed by atoms with Gasteiger partial charge in [0.15, 0.2) is 5.60 Å². The highest BCUT2D eigenvalue weighted by Gasteiger charge is 2.53. The summed E-state index contributed by atoms with van der Waals surface area (Å²) >= 11 is 0. The second-order valence-corrected chi connectivity index (χ2v) is 9.57. The lowest BCUT2D eigenvalue weighted by molar-refractivity contribution is 0.0224. The molecule has 3 aliphatic rings. The summed E-state index contributed by atoms with van der Waals surface area (Å²) in [5.41, 5.74) is 3.82. The minimum Gasteiger partial charge on any atom is -0.508 e. The van der Waals surface area contributed by atoms with Gasteiger partial charge in [0.25, 0.3) is 0 Å². The summed E-state index contributed by atoms with van der Waals surface area (Å²) in [5.74, 6) is 2.39. The fourth-order valence-corrected chi connectivity index (χ4v) is 5.48. The molecule has 2 N–H and O–H groups in total. The summed E-state index contributed by atoms with van der Waals surface area (Å²) in [6.07, 6.45) is 0.979. The third-order valence-corrected chi connectivity index (χ3v) is 7.23. The maximum Gasteiger partial charge on any atom is 0.340 e. The number of carbonyl (C=O) groups is 1. The highest BCUT2D eigenvalue weighted by Crippen LogP contribution is 2.56. The fourth-order valence-electron chi connectivity index (χ4n) is 5.48. The number of rotatable bonds is 0. The zero-order valence-electron chi connectivity index (χ0n) is 20.6. The van der Waals surface area contributed by atoms with Crippen LogP contribution in [0.1, 0.15) is 38.2 Å². The molecular formula is C33H22O6. The first-order valence-corrected chi connectivity index (χ1v) is 12.5. The molecule has 39 heavy (non-hydrogen) atoms.